The van der Waals surface area contributed by atoms with E-state index in [2.05, 4.69) is 38.2 Å². The van der Waals surface area contributed by atoms with Gasteiger partial charge in [-0.1, -0.05) is 321 Å². The van der Waals surface area contributed by atoms with Crippen LogP contribution in [0.3, 0.4) is 0 Å². The lowest BCUT2D eigenvalue weighted by atomic mass is 10.0. The maximum Gasteiger partial charge on any atom is 0.306 e. The van der Waals surface area contributed by atoms with Crippen molar-refractivity contribution >= 4 is 17.9 Å². The first kappa shape index (κ1) is 77.8. The predicted molar refractivity (Wildman–Crippen MR) is 339 cm³/mol. The molecule has 472 valence electrons. The summed E-state index contributed by atoms with van der Waals surface area (Å²) in [4.78, 5) is 37.3. The van der Waals surface area contributed by atoms with Gasteiger partial charge in [0.1, 0.15) is 13.2 Å². The molecule has 0 aliphatic heterocycles. The van der Waals surface area contributed by atoms with Gasteiger partial charge in [0.2, 0.25) is 0 Å². The van der Waals surface area contributed by atoms with Gasteiger partial charge in [-0.2, -0.15) is 0 Å². The molecule has 0 aromatic heterocycles. The van der Waals surface area contributed by atoms with E-state index in [9.17, 15) is 19.5 Å². The van der Waals surface area contributed by atoms with Gasteiger partial charge in [0.15, 0.2) is 12.4 Å². The van der Waals surface area contributed by atoms with Gasteiger partial charge in [-0.25, -0.2) is 0 Å². The molecule has 0 aliphatic carbocycles. The topological polar surface area (TPSA) is 111 Å². The highest BCUT2D eigenvalue weighted by molar-refractivity contribution is 5.70. The highest BCUT2D eigenvalue weighted by atomic mass is 16.7. The first-order valence-corrected chi connectivity index (χ1v) is 35.0. The first-order valence-electron chi connectivity index (χ1n) is 35.0. The molecule has 0 saturated heterocycles. The lowest BCUT2D eigenvalue weighted by Crippen LogP contribution is -2.44. The van der Waals surface area contributed by atoms with Crippen LogP contribution < -0.4 is 5.11 Å². The van der Waals surface area contributed by atoms with Crippen LogP contribution in [0.15, 0.2) is 24.3 Å². The number of nitrogens with zero attached hydrogens (tertiary/aromatic N) is 1. The Morgan fingerprint density at radius 1 is 0.375 bits per heavy atom. The van der Waals surface area contributed by atoms with E-state index in [0.29, 0.717) is 23.9 Å². The molecular formula is C71H135NO8. The first-order chi connectivity index (χ1) is 39.1. The number of carboxylic acids is 1. The second kappa shape index (κ2) is 62.8. The lowest BCUT2D eigenvalue weighted by Gasteiger charge is -2.26. The molecule has 0 aromatic rings. The Morgan fingerprint density at radius 2 is 0.675 bits per heavy atom. The van der Waals surface area contributed by atoms with Gasteiger partial charge in [0, 0.05) is 12.8 Å². The molecule has 2 unspecified atom stereocenters. The molecule has 0 bridgehead atoms. The number of hydrogen-bond donors (Lipinski definition) is 0. The van der Waals surface area contributed by atoms with Gasteiger partial charge in [-0.3, -0.25) is 9.59 Å². The van der Waals surface area contributed by atoms with Crippen molar-refractivity contribution in [3.8, 4) is 0 Å². The van der Waals surface area contributed by atoms with Crippen molar-refractivity contribution in [2.24, 2.45) is 0 Å². The molecule has 80 heavy (non-hydrogen) atoms. The van der Waals surface area contributed by atoms with Crippen LogP contribution in [0.2, 0.25) is 0 Å². The molecule has 0 radical (unpaired) electrons. The Morgan fingerprint density at radius 3 is 1.00 bits per heavy atom. The fraction of sp³-hybridized carbons (Fsp3) is 0.901. The molecule has 0 fully saturated rings. The van der Waals surface area contributed by atoms with E-state index in [0.717, 1.165) is 57.8 Å². The minimum atomic E-state index is -1.62. The highest BCUT2D eigenvalue weighted by Crippen LogP contribution is 2.19. The number of hydrogen-bond acceptors (Lipinski definition) is 8. The Kier molecular flexibility index (Phi) is 61.1. The van der Waals surface area contributed by atoms with Crippen LogP contribution in [0, 0.1) is 0 Å². The Hall–Kier alpha value is -2.23. The number of likely N-dealkylation sites (N-methyl/N-ethyl adjacent to an activating group) is 1. The van der Waals surface area contributed by atoms with Crippen molar-refractivity contribution < 1.29 is 42.9 Å². The maximum absolute atomic E-state index is 12.9. The van der Waals surface area contributed by atoms with Gasteiger partial charge < -0.3 is 33.3 Å². The summed E-state index contributed by atoms with van der Waals surface area (Å²) in [6.07, 6.45) is 74.4. The van der Waals surface area contributed by atoms with Crippen LogP contribution in [0.4, 0.5) is 0 Å². The van der Waals surface area contributed by atoms with Gasteiger partial charge in [0.25, 0.3) is 0 Å². The zero-order valence-electron chi connectivity index (χ0n) is 54.0. The monoisotopic (exact) mass is 1130 g/mol. The number of quaternary nitrogens is 1. The third-order valence-electron chi connectivity index (χ3n) is 16.0. The number of carboxylic acid groups (broad SMARTS) is 1. The molecule has 0 rings (SSSR count). The van der Waals surface area contributed by atoms with Crippen molar-refractivity contribution in [1.82, 2.24) is 0 Å². The third kappa shape index (κ3) is 63.4. The molecule has 0 spiro atoms. The normalized spacial score (nSPS) is 12.8. The van der Waals surface area contributed by atoms with E-state index >= 15 is 0 Å². The molecule has 0 aromatic carbocycles. The number of allylic oxidation sites excluding steroid dienone is 4. The summed E-state index contributed by atoms with van der Waals surface area (Å²) >= 11 is 0. The summed E-state index contributed by atoms with van der Waals surface area (Å²) in [5.74, 6) is -2.28. The SMILES string of the molecule is CCCCCC/C=C\C/C=C\CCCCCCCC(=O)OC(COC(=O)CCCCCCCCCCCCCCCCCCCCCCCCCCCCCCCCCCCCCCCCC)COC(OCC[N+](C)(C)C)C(=O)[O-]. The van der Waals surface area contributed by atoms with Crippen LogP contribution in [0.5, 0.6) is 0 Å². The minimum absolute atomic E-state index is 0.147. The summed E-state index contributed by atoms with van der Waals surface area (Å²) in [6, 6.07) is 0. The van der Waals surface area contributed by atoms with Gasteiger partial charge in [-0.05, 0) is 44.9 Å². The number of carbonyl (C=O) groups excluding carboxylic acids is 3. The molecular weight excluding hydrogens is 995 g/mol. The molecule has 0 aliphatic rings. The van der Waals surface area contributed by atoms with Crippen LogP contribution >= 0.6 is 0 Å². The number of rotatable bonds is 66. The van der Waals surface area contributed by atoms with Crippen LogP contribution in [-0.4, -0.2) is 82.3 Å². The van der Waals surface area contributed by atoms with E-state index in [4.69, 9.17) is 18.9 Å². The number of carbonyl (C=O) groups is 3. The standard InChI is InChI=1S/C71H135NO8/c1-6-8-10-12-14-16-18-20-22-24-25-26-27-28-29-30-31-32-33-34-35-36-37-38-39-40-41-42-43-44-45-46-48-49-51-53-55-57-59-61-68(73)78-65-67(66-79-71(70(75)76)77-64-63-72(3,4)5)80-69(74)62-60-58-56-54-52-50-47-23-21-19-17-15-13-11-9-7-2/h17,19,23,47,67,71H,6-16,18,20-22,24-46,48-66H2,1-5H3/b19-17-,47-23-. The average Bonchev–Trinajstić information content (AvgIpc) is 3.43. The van der Waals surface area contributed by atoms with Crippen molar-refractivity contribution in [3.05, 3.63) is 24.3 Å². The summed E-state index contributed by atoms with van der Waals surface area (Å²) < 4.78 is 22.7. The maximum atomic E-state index is 12.9. The fourth-order valence-corrected chi connectivity index (χ4v) is 10.6. The minimum Gasteiger partial charge on any atom is -0.545 e. The van der Waals surface area contributed by atoms with E-state index in [1.54, 1.807) is 0 Å². The Labute approximate surface area is 497 Å². The van der Waals surface area contributed by atoms with Crippen molar-refractivity contribution in [2.45, 2.75) is 367 Å². The quantitative estimate of drug-likeness (QED) is 0.0195. The van der Waals surface area contributed by atoms with Crippen molar-refractivity contribution in [2.75, 3.05) is 47.5 Å². The average molecular weight is 1130 g/mol. The van der Waals surface area contributed by atoms with Crippen molar-refractivity contribution in [3.63, 3.8) is 0 Å². The molecule has 0 saturated carbocycles. The molecule has 2 atom stereocenters. The van der Waals surface area contributed by atoms with Crippen LogP contribution in [0.1, 0.15) is 354 Å². The highest BCUT2D eigenvalue weighted by Gasteiger charge is 2.22. The van der Waals surface area contributed by atoms with Gasteiger partial charge in [-0.15, -0.1) is 0 Å². The van der Waals surface area contributed by atoms with E-state index < -0.39 is 24.3 Å². The van der Waals surface area contributed by atoms with Crippen molar-refractivity contribution in [1.29, 1.82) is 0 Å². The Balaban J connectivity index is 3.90. The molecule has 0 amide bonds. The largest absolute Gasteiger partial charge is 0.545 e. The number of ether oxygens (including phenoxy) is 4. The summed E-state index contributed by atoms with van der Waals surface area (Å²) in [7, 11) is 5.93. The third-order valence-corrected chi connectivity index (χ3v) is 16.0. The fourth-order valence-electron chi connectivity index (χ4n) is 10.6. The number of esters is 2. The molecule has 9 nitrogen and oxygen atoms in total. The summed E-state index contributed by atoms with van der Waals surface area (Å²) in [6.45, 7) is 4.77. The second-order valence-corrected chi connectivity index (χ2v) is 25.2. The molecule has 0 N–H and O–H groups in total. The second-order valence-electron chi connectivity index (χ2n) is 25.2. The van der Waals surface area contributed by atoms with E-state index in [-0.39, 0.29) is 32.2 Å². The molecule has 9 heteroatoms. The smallest absolute Gasteiger partial charge is 0.306 e. The summed E-state index contributed by atoms with van der Waals surface area (Å²) in [5.41, 5.74) is 0. The number of aliphatic carboxylic acids is 1. The zero-order valence-corrected chi connectivity index (χ0v) is 54.0. The Bertz CT molecular complexity index is 1360. The van der Waals surface area contributed by atoms with Gasteiger partial charge >= 0.3 is 11.9 Å². The number of unbranched alkanes of at least 4 members (excludes halogenated alkanes) is 47. The van der Waals surface area contributed by atoms with E-state index in [1.807, 2.05) is 21.1 Å². The zero-order chi connectivity index (χ0) is 58.3. The lowest BCUT2D eigenvalue weighted by molar-refractivity contribution is -0.870. The predicted octanol–water partition coefficient (Wildman–Crippen LogP) is 20.1. The van der Waals surface area contributed by atoms with Crippen LogP contribution in [-0.2, 0) is 33.3 Å². The van der Waals surface area contributed by atoms with Crippen LogP contribution in [0.25, 0.3) is 0 Å². The molecule has 0 heterocycles. The van der Waals surface area contributed by atoms with E-state index in [1.165, 1.54) is 263 Å². The van der Waals surface area contributed by atoms with Gasteiger partial charge in [0.05, 0.1) is 40.3 Å². The summed E-state index contributed by atoms with van der Waals surface area (Å²) in [5, 5.41) is 11.8.